The number of aryl methyl sites for hydroxylation is 2. The molecule has 1 aromatic carbocycles. The van der Waals surface area contributed by atoms with Crippen molar-refractivity contribution in [2.24, 2.45) is 0 Å². The van der Waals surface area contributed by atoms with Gasteiger partial charge in [-0.25, -0.2) is 4.98 Å². The van der Waals surface area contributed by atoms with Crippen molar-refractivity contribution in [2.75, 3.05) is 11.9 Å². The van der Waals surface area contributed by atoms with Gasteiger partial charge in [0.15, 0.2) is 5.11 Å². The van der Waals surface area contributed by atoms with Gasteiger partial charge in [-0.15, -0.1) is 0 Å². The lowest BCUT2D eigenvalue weighted by Crippen LogP contribution is -2.40. The van der Waals surface area contributed by atoms with Gasteiger partial charge in [0, 0.05) is 22.7 Å². The Bertz CT molecular complexity index is 749. The number of hydrogen-bond acceptors (Lipinski definition) is 2. The smallest absolute Gasteiger partial charge is 0.171 e. The van der Waals surface area contributed by atoms with Gasteiger partial charge in [-0.05, 0) is 74.3 Å². The molecule has 0 radical (unpaired) electrons. The van der Waals surface area contributed by atoms with Gasteiger partial charge in [0.25, 0.3) is 0 Å². The van der Waals surface area contributed by atoms with Gasteiger partial charge in [0.05, 0.1) is 0 Å². The van der Waals surface area contributed by atoms with Gasteiger partial charge >= 0.3 is 0 Å². The van der Waals surface area contributed by atoms with Crippen molar-refractivity contribution in [3.05, 3.63) is 58.2 Å². The number of anilines is 1. The molecule has 0 spiro atoms. The van der Waals surface area contributed by atoms with Gasteiger partial charge in [-0.1, -0.05) is 36.6 Å². The Morgan fingerprint density at radius 2 is 1.96 bits per heavy atom. The van der Waals surface area contributed by atoms with E-state index in [0.717, 1.165) is 35.9 Å². The van der Waals surface area contributed by atoms with Crippen LogP contribution in [0.1, 0.15) is 42.5 Å². The van der Waals surface area contributed by atoms with Crippen LogP contribution >= 0.6 is 23.8 Å². The molecule has 25 heavy (non-hydrogen) atoms. The quantitative estimate of drug-likeness (QED) is 0.726. The fourth-order valence-electron chi connectivity index (χ4n) is 3.75. The lowest BCUT2D eigenvalue weighted by atomic mass is 9.79. The number of pyridine rings is 1. The molecule has 0 atom stereocenters. The molecule has 0 bridgehead atoms. The van der Waals surface area contributed by atoms with E-state index in [2.05, 4.69) is 34.7 Å². The Hall–Kier alpha value is -1.65. The summed E-state index contributed by atoms with van der Waals surface area (Å²) in [6.45, 7) is 4.86. The summed E-state index contributed by atoms with van der Waals surface area (Å²) in [5.41, 5.74) is 3.56. The number of rotatable bonds is 4. The molecule has 1 aliphatic rings. The molecule has 3 nitrogen and oxygen atoms in total. The van der Waals surface area contributed by atoms with E-state index in [4.69, 9.17) is 23.8 Å². The Morgan fingerprint density at radius 1 is 1.20 bits per heavy atom. The van der Waals surface area contributed by atoms with Gasteiger partial charge in [-0.2, -0.15) is 0 Å². The van der Waals surface area contributed by atoms with Gasteiger partial charge in [0.1, 0.15) is 5.82 Å². The lowest BCUT2D eigenvalue weighted by Gasteiger charge is -2.30. The highest BCUT2D eigenvalue weighted by molar-refractivity contribution is 7.80. The van der Waals surface area contributed by atoms with E-state index in [-0.39, 0.29) is 5.41 Å². The summed E-state index contributed by atoms with van der Waals surface area (Å²) < 4.78 is 0. The Morgan fingerprint density at radius 3 is 2.64 bits per heavy atom. The van der Waals surface area contributed by atoms with Crippen LogP contribution in [-0.2, 0) is 5.41 Å². The molecular weight excluding hydrogens is 350 g/mol. The first-order valence-electron chi connectivity index (χ1n) is 8.73. The number of hydrogen-bond donors (Lipinski definition) is 2. The highest BCUT2D eigenvalue weighted by Gasteiger charge is 2.35. The summed E-state index contributed by atoms with van der Waals surface area (Å²) in [4.78, 5) is 4.48. The molecule has 1 aliphatic carbocycles. The van der Waals surface area contributed by atoms with Crippen molar-refractivity contribution in [3.8, 4) is 0 Å². The van der Waals surface area contributed by atoms with Crippen LogP contribution in [0.4, 0.5) is 5.82 Å². The zero-order chi connectivity index (χ0) is 17.9. The molecule has 1 heterocycles. The average Bonchev–Trinajstić information content (AvgIpc) is 3.02. The number of aromatic nitrogens is 1. The molecule has 0 amide bonds. The number of benzene rings is 1. The van der Waals surface area contributed by atoms with Gasteiger partial charge in [-0.3, -0.25) is 0 Å². The SMILES string of the molecule is Cc1cc(C)nc(NC(=S)NCC2(c3cccc(Cl)c3)CCCC2)c1. The molecule has 5 heteroatoms. The normalized spacial score (nSPS) is 15.8. The summed E-state index contributed by atoms with van der Waals surface area (Å²) >= 11 is 11.7. The van der Waals surface area contributed by atoms with E-state index >= 15 is 0 Å². The molecule has 0 saturated heterocycles. The number of nitrogens with zero attached hydrogens (tertiary/aromatic N) is 1. The Kier molecular flexibility index (Phi) is 5.60. The van der Waals surface area contributed by atoms with Crippen LogP contribution < -0.4 is 10.6 Å². The zero-order valence-electron chi connectivity index (χ0n) is 14.7. The summed E-state index contributed by atoms with van der Waals surface area (Å²) in [6, 6.07) is 12.3. The first kappa shape index (κ1) is 18.2. The monoisotopic (exact) mass is 373 g/mol. The predicted octanol–water partition coefficient (Wildman–Crippen LogP) is 5.15. The molecule has 132 valence electrons. The molecule has 1 fully saturated rings. The van der Waals surface area contributed by atoms with Crippen molar-refractivity contribution in [1.29, 1.82) is 0 Å². The van der Waals surface area contributed by atoms with E-state index in [0.29, 0.717) is 5.11 Å². The standard InChI is InChI=1S/C20H24ClN3S/c1-14-10-15(2)23-18(11-14)24-19(25)22-13-20(8-3-4-9-20)16-6-5-7-17(21)12-16/h5-7,10-12H,3-4,8-9,13H2,1-2H3,(H2,22,23,24,25). The second-order valence-electron chi connectivity index (χ2n) is 6.98. The van der Waals surface area contributed by atoms with E-state index in [1.165, 1.54) is 24.0 Å². The van der Waals surface area contributed by atoms with E-state index < -0.39 is 0 Å². The largest absolute Gasteiger partial charge is 0.362 e. The molecule has 3 rings (SSSR count). The Balaban J connectivity index is 1.68. The van der Waals surface area contributed by atoms with E-state index in [1.807, 2.05) is 31.2 Å². The van der Waals surface area contributed by atoms with Crippen molar-refractivity contribution >= 4 is 34.7 Å². The minimum Gasteiger partial charge on any atom is -0.362 e. The maximum atomic E-state index is 6.22. The highest BCUT2D eigenvalue weighted by atomic mass is 35.5. The van der Waals surface area contributed by atoms with E-state index in [9.17, 15) is 0 Å². The number of halogens is 1. The van der Waals surface area contributed by atoms with Crippen LogP contribution in [0.5, 0.6) is 0 Å². The van der Waals surface area contributed by atoms with Crippen LogP contribution in [0.25, 0.3) is 0 Å². The number of thiocarbonyl (C=S) groups is 1. The first-order chi connectivity index (χ1) is 12.0. The molecule has 1 aromatic heterocycles. The van der Waals surface area contributed by atoms with Crippen molar-refractivity contribution in [3.63, 3.8) is 0 Å². The van der Waals surface area contributed by atoms with Crippen LogP contribution in [0, 0.1) is 13.8 Å². The van der Waals surface area contributed by atoms with E-state index in [1.54, 1.807) is 0 Å². The van der Waals surface area contributed by atoms with Crippen LogP contribution in [0.2, 0.25) is 5.02 Å². The summed E-state index contributed by atoms with van der Waals surface area (Å²) in [5.74, 6) is 0.790. The van der Waals surface area contributed by atoms with Gasteiger partial charge < -0.3 is 10.6 Å². The molecule has 2 N–H and O–H groups in total. The minimum atomic E-state index is 0.104. The first-order valence-corrected chi connectivity index (χ1v) is 9.52. The van der Waals surface area contributed by atoms with Crippen LogP contribution in [0.3, 0.4) is 0 Å². The third-order valence-electron chi connectivity index (χ3n) is 4.92. The fourth-order valence-corrected chi connectivity index (χ4v) is 4.12. The maximum Gasteiger partial charge on any atom is 0.171 e. The molecule has 0 aliphatic heterocycles. The summed E-state index contributed by atoms with van der Waals surface area (Å²) in [6.07, 6.45) is 4.80. The average molecular weight is 374 g/mol. The maximum absolute atomic E-state index is 6.22. The number of nitrogens with one attached hydrogen (secondary N) is 2. The summed E-state index contributed by atoms with van der Waals surface area (Å²) in [7, 11) is 0. The topological polar surface area (TPSA) is 37.0 Å². The molecule has 2 aromatic rings. The molecule has 0 unspecified atom stereocenters. The Labute approximate surface area is 160 Å². The lowest BCUT2D eigenvalue weighted by molar-refractivity contribution is 0.435. The third kappa shape index (κ3) is 4.50. The fraction of sp³-hybridized carbons (Fsp3) is 0.400. The highest BCUT2D eigenvalue weighted by Crippen LogP contribution is 2.41. The molecule has 1 saturated carbocycles. The predicted molar refractivity (Wildman–Crippen MR) is 110 cm³/mol. The molecular formula is C20H24ClN3S. The van der Waals surface area contributed by atoms with Crippen LogP contribution in [0.15, 0.2) is 36.4 Å². The van der Waals surface area contributed by atoms with Crippen molar-refractivity contribution < 1.29 is 0 Å². The zero-order valence-corrected chi connectivity index (χ0v) is 16.3. The second kappa shape index (κ2) is 7.71. The van der Waals surface area contributed by atoms with Gasteiger partial charge in [0.2, 0.25) is 0 Å². The second-order valence-corrected chi connectivity index (χ2v) is 7.82. The minimum absolute atomic E-state index is 0.104. The summed E-state index contributed by atoms with van der Waals surface area (Å²) in [5, 5.41) is 8.03. The van der Waals surface area contributed by atoms with Crippen molar-refractivity contribution in [2.45, 2.75) is 44.9 Å². The third-order valence-corrected chi connectivity index (χ3v) is 5.41. The van der Waals surface area contributed by atoms with Crippen molar-refractivity contribution in [1.82, 2.24) is 10.3 Å². The van der Waals surface area contributed by atoms with Crippen LogP contribution in [-0.4, -0.2) is 16.6 Å².